The second-order valence-corrected chi connectivity index (χ2v) is 8.99. The number of hydrogen-bond acceptors (Lipinski definition) is 5. The topological polar surface area (TPSA) is 81.5 Å². The third kappa shape index (κ3) is 5.17. The number of hydrogen-bond donors (Lipinski definition) is 0. The van der Waals surface area contributed by atoms with E-state index in [9.17, 15) is 13.2 Å². The van der Waals surface area contributed by atoms with Crippen LogP contribution in [-0.2, 0) is 25.8 Å². The number of sulfone groups is 1. The van der Waals surface area contributed by atoms with Crippen LogP contribution < -0.4 is 0 Å². The van der Waals surface area contributed by atoms with E-state index in [1.54, 1.807) is 22.9 Å². The molecule has 1 amide bonds. The van der Waals surface area contributed by atoms with Crippen molar-refractivity contribution in [1.29, 1.82) is 0 Å². The molecule has 2 aromatic rings. The molecule has 1 unspecified atom stereocenters. The lowest BCUT2D eigenvalue weighted by Gasteiger charge is -2.28. The van der Waals surface area contributed by atoms with Crippen LogP contribution in [0.4, 0.5) is 0 Å². The molecule has 3 rings (SSSR count). The molecule has 1 atom stereocenters. The first-order valence-electron chi connectivity index (χ1n) is 9.06. The van der Waals surface area contributed by atoms with Crippen LogP contribution in [0.25, 0.3) is 5.69 Å². The molecule has 0 N–H and O–H groups in total. The zero-order valence-corrected chi connectivity index (χ0v) is 16.3. The number of carbonyl (C=O) groups excluding carboxylic acids is 1. The lowest BCUT2D eigenvalue weighted by atomic mass is 10.1. The van der Waals surface area contributed by atoms with Crippen molar-refractivity contribution >= 4 is 15.7 Å². The van der Waals surface area contributed by atoms with E-state index in [0.29, 0.717) is 32.4 Å². The number of benzene rings is 1. The van der Waals surface area contributed by atoms with Gasteiger partial charge in [-0.15, -0.1) is 0 Å². The molecule has 0 saturated carbocycles. The van der Waals surface area contributed by atoms with Gasteiger partial charge in [-0.25, -0.2) is 13.1 Å². The van der Waals surface area contributed by atoms with Crippen LogP contribution in [0.15, 0.2) is 42.7 Å². The maximum absolute atomic E-state index is 12.7. The Balaban J connectivity index is 1.61. The van der Waals surface area contributed by atoms with E-state index in [1.165, 1.54) is 0 Å². The van der Waals surface area contributed by atoms with Gasteiger partial charge in [0.2, 0.25) is 5.91 Å². The second kappa shape index (κ2) is 8.67. The van der Waals surface area contributed by atoms with Crippen molar-refractivity contribution in [3.63, 3.8) is 0 Å². The third-order valence-corrected chi connectivity index (χ3v) is 6.54. The number of para-hydroxylation sites is 1. The van der Waals surface area contributed by atoms with E-state index in [4.69, 9.17) is 4.74 Å². The van der Waals surface area contributed by atoms with Crippen molar-refractivity contribution in [1.82, 2.24) is 14.7 Å². The predicted octanol–water partition coefficient (Wildman–Crippen LogP) is 1.47. The molecule has 27 heavy (non-hydrogen) atoms. The van der Waals surface area contributed by atoms with Crippen molar-refractivity contribution in [3.8, 4) is 5.69 Å². The summed E-state index contributed by atoms with van der Waals surface area (Å²) in [6, 6.07) is 9.53. The molecule has 0 aliphatic carbocycles. The molecule has 0 radical (unpaired) electrons. The Hall–Kier alpha value is -2.19. The van der Waals surface area contributed by atoms with Gasteiger partial charge in [-0.2, -0.15) is 5.10 Å². The van der Waals surface area contributed by atoms with Crippen molar-refractivity contribution in [3.05, 3.63) is 48.3 Å². The fraction of sp³-hybridized carbons (Fsp3) is 0.474. The average Bonchev–Trinajstić information content (AvgIpc) is 3.27. The second-order valence-electron chi connectivity index (χ2n) is 6.77. The molecular formula is C19H25N3O4S. The number of ether oxygens (including phenoxy) is 1. The predicted molar refractivity (Wildman–Crippen MR) is 103 cm³/mol. The van der Waals surface area contributed by atoms with Crippen molar-refractivity contribution < 1.29 is 17.9 Å². The maximum Gasteiger partial charge on any atom is 0.223 e. The zero-order chi connectivity index (χ0) is 19.3. The van der Waals surface area contributed by atoms with Gasteiger partial charge in [0.25, 0.3) is 0 Å². The first-order chi connectivity index (χ1) is 13.0. The van der Waals surface area contributed by atoms with Crippen molar-refractivity contribution in [2.75, 3.05) is 31.8 Å². The Morgan fingerprint density at radius 3 is 2.78 bits per heavy atom. The SMILES string of the molecule is COCCN(C(=O)CCc1cnn(-c2ccccc2)c1)C1CCS(=O)(=O)C1. The summed E-state index contributed by atoms with van der Waals surface area (Å²) in [5.41, 5.74) is 1.94. The lowest BCUT2D eigenvalue weighted by molar-refractivity contribution is -0.133. The van der Waals surface area contributed by atoms with E-state index >= 15 is 0 Å². The standard InChI is InChI=1S/C19H25N3O4S/c1-26-11-10-21(18-9-12-27(24,25)15-18)19(23)8-7-16-13-20-22(14-16)17-5-3-2-4-6-17/h2-6,13-14,18H,7-12,15H2,1H3. The first kappa shape index (κ1) is 19.6. The first-order valence-corrected chi connectivity index (χ1v) is 10.9. The number of methoxy groups -OCH3 is 1. The minimum absolute atomic E-state index is 0.0402. The summed E-state index contributed by atoms with van der Waals surface area (Å²) < 4.78 is 30.4. The van der Waals surface area contributed by atoms with Crippen molar-refractivity contribution in [2.45, 2.75) is 25.3 Å². The van der Waals surface area contributed by atoms with Gasteiger partial charge in [0, 0.05) is 32.3 Å². The number of aryl methyl sites for hydroxylation is 1. The monoisotopic (exact) mass is 391 g/mol. The van der Waals surface area contributed by atoms with Gasteiger partial charge in [-0.1, -0.05) is 18.2 Å². The van der Waals surface area contributed by atoms with Crippen LogP contribution in [0, 0.1) is 0 Å². The number of rotatable bonds is 8. The van der Waals surface area contributed by atoms with Crippen LogP contribution in [-0.4, -0.2) is 66.8 Å². The minimum atomic E-state index is -3.04. The summed E-state index contributed by atoms with van der Waals surface area (Å²) in [5, 5.41) is 4.35. The molecule has 1 aliphatic heterocycles. The van der Waals surface area contributed by atoms with Crippen LogP contribution in [0.1, 0.15) is 18.4 Å². The van der Waals surface area contributed by atoms with Crippen molar-refractivity contribution in [2.24, 2.45) is 0 Å². The lowest BCUT2D eigenvalue weighted by Crippen LogP contribution is -2.43. The van der Waals surface area contributed by atoms with Crippen LogP contribution in [0.5, 0.6) is 0 Å². The molecule has 146 valence electrons. The summed E-state index contributed by atoms with van der Waals surface area (Å²) >= 11 is 0. The Morgan fingerprint density at radius 1 is 1.33 bits per heavy atom. The van der Waals surface area contributed by atoms with Gasteiger partial charge >= 0.3 is 0 Å². The fourth-order valence-corrected chi connectivity index (χ4v) is 5.06. The summed E-state index contributed by atoms with van der Waals surface area (Å²) in [6.07, 6.45) is 5.07. The van der Waals surface area contributed by atoms with E-state index in [0.717, 1.165) is 11.3 Å². The summed E-state index contributed by atoms with van der Waals surface area (Å²) in [6.45, 7) is 0.813. The molecule has 2 heterocycles. The van der Waals surface area contributed by atoms with E-state index in [-0.39, 0.29) is 23.5 Å². The minimum Gasteiger partial charge on any atom is -0.383 e. The van der Waals surface area contributed by atoms with Gasteiger partial charge in [0.15, 0.2) is 9.84 Å². The van der Waals surface area contributed by atoms with E-state index < -0.39 is 9.84 Å². The van der Waals surface area contributed by atoms with E-state index in [2.05, 4.69) is 5.10 Å². The quantitative estimate of drug-likeness (QED) is 0.681. The Morgan fingerprint density at radius 2 is 2.11 bits per heavy atom. The fourth-order valence-electron chi connectivity index (χ4n) is 3.33. The highest BCUT2D eigenvalue weighted by Gasteiger charge is 2.34. The highest BCUT2D eigenvalue weighted by molar-refractivity contribution is 7.91. The maximum atomic E-state index is 12.7. The van der Waals surface area contributed by atoms with Gasteiger partial charge in [0.1, 0.15) is 0 Å². The highest BCUT2D eigenvalue weighted by Crippen LogP contribution is 2.19. The van der Waals surface area contributed by atoms with E-state index in [1.807, 2.05) is 36.5 Å². The molecule has 0 spiro atoms. The molecule has 0 bridgehead atoms. The van der Waals surface area contributed by atoms with Gasteiger partial charge < -0.3 is 9.64 Å². The molecule has 1 aromatic heterocycles. The van der Waals surface area contributed by atoms with Gasteiger partial charge in [-0.3, -0.25) is 4.79 Å². The van der Waals surface area contributed by atoms with Crippen LogP contribution in [0.3, 0.4) is 0 Å². The molecule has 1 saturated heterocycles. The molecule has 1 fully saturated rings. The zero-order valence-electron chi connectivity index (χ0n) is 15.5. The third-order valence-electron chi connectivity index (χ3n) is 4.79. The summed E-state index contributed by atoms with van der Waals surface area (Å²) in [5.74, 6) is 0.161. The Labute approximate surface area is 159 Å². The Kier molecular flexibility index (Phi) is 6.28. The number of carbonyl (C=O) groups is 1. The normalized spacial score (nSPS) is 18.5. The van der Waals surface area contributed by atoms with Gasteiger partial charge in [-0.05, 0) is 30.5 Å². The molecular weight excluding hydrogens is 366 g/mol. The number of nitrogens with zero attached hydrogens (tertiary/aromatic N) is 3. The number of aromatic nitrogens is 2. The average molecular weight is 391 g/mol. The largest absolute Gasteiger partial charge is 0.383 e. The highest BCUT2D eigenvalue weighted by atomic mass is 32.2. The van der Waals surface area contributed by atoms with Crippen LogP contribution >= 0.6 is 0 Å². The number of amides is 1. The molecule has 1 aromatic carbocycles. The summed E-state index contributed by atoms with van der Waals surface area (Å²) in [4.78, 5) is 14.4. The van der Waals surface area contributed by atoms with Gasteiger partial charge in [0.05, 0.1) is 30.0 Å². The summed E-state index contributed by atoms with van der Waals surface area (Å²) in [7, 11) is -1.47. The Bertz CT molecular complexity index is 864. The molecule has 7 nitrogen and oxygen atoms in total. The van der Waals surface area contributed by atoms with Crippen LogP contribution in [0.2, 0.25) is 0 Å². The molecule has 1 aliphatic rings. The smallest absolute Gasteiger partial charge is 0.223 e. The molecule has 8 heteroatoms.